The summed E-state index contributed by atoms with van der Waals surface area (Å²) in [6.45, 7) is 4.34. The van der Waals surface area contributed by atoms with Gasteiger partial charge in [-0.25, -0.2) is 4.98 Å². The predicted molar refractivity (Wildman–Crippen MR) is 143 cm³/mol. The van der Waals surface area contributed by atoms with Crippen LogP contribution in [0.5, 0.6) is 5.75 Å². The molecule has 1 atom stereocenters. The van der Waals surface area contributed by atoms with E-state index in [1.54, 1.807) is 42.5 Å². The lowest BCUT2D eigenvalue weighted by Crippen LogP contribution is -2.29. The average molecular weight is 539 g/mol. The molecule has 36 heavy (non-hydrogen) atoms. The first-order valence-corrected chi connectivity index (χ1v) is 12.7. The fourth-order valence-corrected chi connectivity index (χ4v) is 5.58. The number of aromatic nitrogens is 1. The van der Waals surface area contributed by atoms with Crippen LogP contribution < -0.4 is 9.64 Å². The quantitative estimate of drug-likeness (QED) is 0.169. The van der Waals surface area contributed by atoms with E-state index in [0.29, 0.717) is 39.2 Å². The van der Waals surface area contributed by atoms with Crippen molar-refractivity contribution in [1.29, 1.82) is 0 Å². The number of hydrogen-bond donors (Lipinski definition) is 1. The minimum Gasteiger partial charge on any atom is -0.507 e. The van der Waals surface area contributed by atoms with E-state index in [-0.39, 0.29) is 16.4 Å². The number of amides is 1. The zero-order valence-corrected chi connectivity index (χ0v) is 21.6. The van der Waals surface area contributed by atoms with Crippen molar-refractivity contribution >= 4 is 67.3 Å². The van der Waals surface area contributed by atoms with Crippen molar-refractivity contribution in [1.82, 2.24) is 4.98 Å². The van der Waals surface area contributed by atoms with Gasteiger partial charge in [0.2, 0.25) is 0 Å². The summed E-state index contributed by atoms with van der Waals surface area (Å²) in [6.07, 6.45) is 0. The Kier molecular flexibility index (Phi) is 6.47. The van der Waals surface area contributed by atoms with E-state index in [1.807, 2.05) is 32.0 Å². The molecule has 1 N–H and O–H groups in total. The van der Waals surface area contributed by atoms with E-state index in [4.69, 9.17) is 27.9 Å². The second-order valence-electron chi connectivity index (χ2n) is 8.27. The molecule has 0 radical (unpaired) electrons. The number of carbonyl (C=O) groups is 2. The summed E-state index contributed by atoms with van der Waals surface area (Å²) >= 11 is 13.7. The predicted octanol–water partition coefficient (Wildman–Crippen LogP) is 6.94. The minimum atomic E-state index is -0.951. The van der Waals surface area contributed by atoms with E-state index in [0.717, 1.165) is 10.3 Å². The molecule has 6 nitrogen and oxygen atoms in total. The number of hydrogen-bond acceptors (Lipinski definition) is 6. The largest absolute Gasteiger partial charge is 0.507 e. The van der Waals surface area contributed by atoms with Crippen molar-refractivity contribution in [3.8, 4) is 5.75 Å². The number of Topliss-reactive ketones (excluding diaryl/α,β-unsaturated/α-hetero) is 1. The van der Waals surface area contributed by atoms with Crippen LogP contribution in [0.1, 0.15) is 29.7 Å². The van der Waals surface area contributed by atoms with Gasteiger partial charge in [-0.2, -0.15) is 0 Å². The Hall–Kier alpha value is -3.39. The molecule has 5 rings (SSSR count). The second-order valence-corrected chi connectivity index (χ2v) is 10.1. The van der Waals surface area contributed by atoms with Crippen LogP contribution in [0.15, 0.2) is 66.2 Å². The number of fused-ring (bicyclic) bond motifs is 1. The topological polar surface area (TPSA) is 79.7 Å². The zero-order valence-electron chi connectivity index (χ0n) is 19.3. The van der Waals surface area contributed by atoms with Gasteiger partial charge in [0, 0.05) is 5.56 Å². The number of nitrogens with zero attached hydrogens (tertiary/aromatic N) is 2. The van der Waals surface area contributed by atoms with E-state index >= 15 is 0 Å². The Bertz CT molecular complexity index is 1550. The van der Waals surface area contributed by atoms with Gasteiger partial charge < -0.3 is 9.84 Å². The number of thiazole rings is 1. The Labute approximate surface area is 221 Å². The van der Waals surface area contributed by atoms with Crippen LogP contribution in [0.25, 0.3) is 16.0 Å². The van der Waals surface area contributed by atoms with Crippen LogP contribution in [0, 0.1) is 6.92 Å². The number of halogens is 2. The molecule has 0 spiro atoms. The number of ether oxygens (including phenoxy) is 1. The molecule has 182 valence electrons. The maximum atomic E-state index is 13.4. The number of aliphatic hydroxyl groups excluding tert-OH is 1. The molecular weight excluding hydrogens is 519 g/mol. The first-order valence-electron chi connectivity index (χ1n) is 11.1. The van der Waals surface area contributed by atoms with Gasteiger partial charge in [0.25, 0.3) is 5.78 Å². The number of anilines is 1. The molecular formula is C27H20Cl2N2O4S. The van der Waals surface area contributed by atoms with Crippen molar-refractivity contribution < 1.29 is 19.4 Å². The monoisotopic (exact) mass is 538 g/mol. The molecule has 1 aliphatic rings. The lowest BCUT2D eigenvalue weighted by atomic mass is 9.95. The molecule has 1 amide bonds. The maximum absolute atomic E-state index is 13.4. The van der Waals surface area contributed by atoms with Gasteiger partial charge in [-0.1, -0.05) is 46.7 Å². The molecule has 4 aromatic rings. The highest BCUT2D eigenvalue weighted by atomic mass is 35.5. The molecule has 9 heteroatoms. The Morgan fingerprint density at radius 3 is 2.50 bits per heavy atom. The van der Waals surface area contributed by atoms with Crippen molar-refractivity contribution in [3.63, 3.8) is 0 Å². The molecule has 1 aromatic heterocycles. The number of aryl methyl sites for hydroxylation is 1. The summed E-state index contributed by atoms with van der Waals surface area (Å²) in [6, 6.07) is 16.4. The van der Waals surface area contributed by atoms with Gasteiger partial charge in [-0.05, 0) is 73.5 Å². The standard InChI is InChI=1S/C27H20Cl2N2O4S/c1-3-35-17-8-5-15(6-9-17)24(32)22-23(16-7-10-18(28)19(29)13-16)31(26(34)25(22)33)27-30-20-11-4-14(2)12-21(20)36-27/h4-13,23,32H,3H2,1-2H3/b24-22+. The molecule has 3 aromatic carbocycles. The molecule has 1 aliphatic heterocycles. The molecule has 1 unspecified atom stereocenters. The van der Waals surface area contributed by atoms with Crippen LogP contribution in [0.3, 0.4) is 0 Å². The summed E-state index contributed by atoms with van der Waals surface area (Å²) in [7, 11) is 0. The number of aliphatic hydroxyl groups is 1. The number of ketones is 1. The lowest BCUT2D eigenvalue weighted by molar-refractivity contribution is -0.132. The molecule has 1 saturated heterocycles. The SMILES string of the molecule is CCOc1ccc(/C(O)=C2\C(=O)C(=O)N(c3nc4ccc(C)cc4s3)C2c2ccc(Cl)c(Cl)c2)cc1. The van der Waals surface area contributed by atoms with Crippen molar-refractivity contribution in [2.75, 3.05) is 11.5 Å². The third-order valence-electron chi connectivity index (χ3n) is 5.88. The van der Waals surface area contributed by atoms with E-state index < -0.39 is 17.7 Å². The van der Waals surface area contributed by atoms with Gasteiger partial charge in [-0.15, -0.1) is 0 Å². The van der Waals surface area contributed by atoms with Gasteiger partial charge in [-0.3, -0.25) is 14.5 Å². The minimum absolute atomic E-state index is 0.0574. The Morgan fingerprint density at radius 2 is 1.81 bits per heavy atom. The summed E-state index contributed by atoms with van der Waals surface area (Å²) in [5.41, 5.74) is 2.60. The van der Waals surface area contributed by atoms with Crippen LogP contribution in [0.4, 0.5) is 5.13 Å². The van der Waals surface area contributed by atoms with E-state index in [2.05, 4.69) is 4.98 Å². The molecule has 2 heterocycles. The highest BCUT2D eigenvalue weighted by Crippen LogP contribution is 2.45. The maximum Gasteiger partial charge on any atom is 0.301 e. The molecule has 0 aliphatic carbocycles. The average Bonchev–Trinajstić information content (AvgIpc) is 3.39. The number of rotatable bonds is 5. The lowest BCUT2D eigenvalue weighted by Gasteiger charge is -2.23. The van der Waals surface area contributed by atoms with Crippen molar-refractivity contribution in [2.24, 2.45) is 0 Å². The molecule has 0 bridgehead atoms. The van der Waals surface area contributed by atoms with Gasteiger partial charge in [0.1, 0.15) is 11.5 Å². The van der Waals surface area contributed by atoms with Crippen molar-refractivity contribution in [2.45, 2.75) is 19.9 Å². The number of carbonyl (C=O) groups excluding carboxylic acids is 2. The third kappa shape index (κ3) is 4.23. The zero-order chi connectivity index (χ0) is 25.6. The summed E-state index contributed by atoms with van der Waals surface area (Å²) in [5.74, 6) is -1.27. The van der Waals surface area contributed by atoms with Crippen LogP contribution >= 0.6 is 34.5 Å². The normalized spacial score (nSPS) is 17.2. The number of benzene rings is 3. The second kappa shape index (κ2) is 9.58. The van der Waals surface area contributed by atoms with E-state index in [9.17, 15) is 14.7 Å². The van der Waals surface area contributed by atoms with Crippen LogP contribution in [-0.4, -0.2) is 28.4 Å². The van der Waals surface area contributed by atoms with Crippen LogP contribution in [0.2, 0.25) is 10.0 Å². The Morgan fingerprint density at radius 1 is 1.06 bits per heavy atom. The molecule has 1 fully saturated rings. The van der Waals surface area contributed by atoms with Crippen LogP contribution in [-0.2, 0) is 9.59 Å². The van der Waals surface area contributed by atoms with Gasteiger partial charge >= 0.3 is 5.91 Å². The summed E-state index contributed by atoms with van der Waals surface area (Å²) in [4.78, 5) is 32.7. The Balaban J connectivity index is 1.70. The fraction of sp³-hybridized carbons (Fsp3) is 0.148. The smallest absolute Gasteiger partial charge is 0.301 e. The van der Waals surface area contributed by atoms with Gasteiger partial charge in [0.05, 0.1) is 38.5 Å². The first kappa shape index (κ1) is 24.3. The molecule has 0 saturated carbocycles. The van der Waals surface area contributed by atoms with Gasteiger partial charge in [0.15, 0.2) is 5.13 Å². The van der Waals surface area contributed by atoms with Crippen molar-refractivity contribution in [3.05, 3.63) is 93.0 Å². The van der Waals surface area contributed by atoms with E-state index in [1.165, 1.54) is 16.2 Å². The summed E-state index contributed by atoms with van der Waals surface area (Å²) in [5, 5.41) is 12.2. The fourth-order valence-electron chi connectivity index (χ4n) is 4.18. The first-order chi connectivity index (χ1) is 17.3. The highest BCUT2D eigenvalue weighted by Gasteiger charge is 2.48. The third-order valence-corrected chi connectivity index (χ3v) is 7.64. The summed E-state index contributed by atoms with van der Waals surface area (Å²) < 4.78 is 6.35. The highest BCUT2D eigenvalue weighted by molar-refractivity contribution is 7.22.